The monoisotopic (exact) mass is 172 g/mol. The van der Waals surface area contributed by atoms with Gasteiger partial charge in [-0.3, -0.25) is 0 Å². The van der Waals surface area contributed by atoms with Crippen molar-refractivity contribution in [2.45, 2.75) is 45.6 Å². The van der Waals surface area contributed by atoms with Crippen LogP contribution in [0.3, 0.4) is 0 Å². The quantitative estimate of drug-likeness (QED) is 0.630. The van der Waals surface area contributed by atoms with Gasteiger partial charge >= 0.3 is 0 Å². The van der Waals surface area contributed by atoms with Crippen LogP contribution in [0.5, 0.6) is 0 Å². The Labute approximate surface area is 74.6 Å². The molecule has 0 radical (unpaired) electrons. The predicted octanol–water partition coefficient (Wildman–Crippen LogP) is 1.56. The zero-order valence-electron chi connectivity index (χ0n) is 8.30. The van der Waals surface area contributed by atoms with E-state index in [0.29, 0.717) is 5.92 Å². The highest BCUT2D eigenvalue weighted by molar-refractivity contribution is 4.92. The van der Waals surface area contributed by atoms with Gasteiger partial charge in [0, 0.05) is 0 Å². The van der Waals surface area contributed by atoms with Gasteiger partial charge in [-0.25, -0.2) is 0 Å². The summed E-state index contributed by atoms with van der Waals surface area (Å²) < 4.78 is 0. The largest absolute Gasteiger partial charge is 0.393 e. The van der Waals surface area contributed by atoms with E-state index in [1.807, 2.05) is 0 Å². The van der Waals surface area contributed by atoms with Gasteiger partial charge in [-0.05, 0) is 30.6 Å². The summed E-state index contributed by atoms with van der Waals surface area (Å²) in [5.41, 5.74) is -0.643. The van der Waals surface area contributed by atoms with Crippen LogP contribution in [0.2, 0.25) is 0 Å². The summed E-state index contributed by atoms with van der Waals surface area (Å²) in [5.74, 6) is 0.519. The van der Waals surface area contributed by atoms with Crippen LogP contribution in [0.4, 0.5) is 0 Å². The maximum atomic E-state index is 9.94. The van der Waals surface area contributed by atoms with E-state index < -0.39 is 5.60 Å². The fraction of sp³-hybridized carbons (Fsp3) is 1.00. The highest BCUT2D eigenvalue weighted by Crippen LogP contribution is 2.43. The van der Waals surface area contributed by atoms with E-state index in [1.165, 1.54) is 0 Å². The van der Waals surface area contributed by atoms with E-state index in [9.17, 15) is 5.11 Å². The molecule has 1 fully saturated rings. The summed E-state index contributed by atoms with van der Waals surface area (Å²) in [6.45, 7) is 6.36. The molecule has 0 aromatic heterocycles. The van der Waals surface area contributed by atoms with Crippen molar-refractivity contribution >= 4 is 0 Å². The Morgan fingerprint density at radius 1 is 1.33 bits per heavy atom. The molecule has 2 nitrogen and oxygen atoms in total. The maximum Gasteiger partial charge on any atom is 0.0885 e. The molecule has 1 rings (SSSR count). The molecule has 0 aromatic carbocycles. The molecular weight excluding hydrogens is 152 g/mol. The molecule has 0 saturated heterocycles. The average molecular weight is 172 g/mol. The van der Waals surface area contributed by atoms with Crippen LogP contribution in [0.1, 0.15) is 40.0 Å². The molecule has 0 amide bonds. The molecule has 12 heavy (non-hydrogen) atoms. The molecule has 0 aromatic rings. The smallest absolute Gasteiger partial charge is 0.0885 e. The lowest BCUT2D eigenvalue weighted by molar-refractivity contribution is -0.0900. The van der Waals surface area contributed by atoms with Crippen LogP contribution in [-0.2, 0) is 0 Å². The molecule has 1 aliphatic rings. The van der Waals surface area contributed by atoms with E-state index >= 15 is 0 Å². The van der Waals surface area contributed by atoms with Crippen LogP contribution in [-0.4, -0.2) is 22.4 Å². The first-order chi connectivity index (χ1) is 5.37. The Hall–Kier alpha value is -0.0800. The van der Waals surface area contributed by atoms with Gasteiger partial charge in [0.05, 0.1) is 12.2 Å². The summed E-state index contributed by atoms with van der Waals surface area (Å²) in [7, 11) is 0. The van der Waals surface area contributed by atoms with Crippen LogP contribution >= 0.6 is 0 Å². The molecule has 72 valence electrons. The lowest BCUT2D eigenvalue weighted by Gasteiger charge is -2.43. The number of aliphatic hydroxyl groups excluding tert-OH is 1. The molecule has 2 atom stereocenters. The minimum absolute atomic E-state index is 0.0965. The van der Waals surface area contributed by atoms with Crippen molar-refractivity contribution in [2.75, 3.05) is 6.61 Å². The third-order valence-electron chi connectivity index (χ3n) is 2.73. The van der Waals surface area contributed by atoms with Gasteiger partial charge in [0.1, 0.15) is 0 Å². The first-order valence-corrected chi connectivity index (χ1v) is 4.70. The molecule has 0 bridgehead atoms. The third kappa shape index (κ3) is 2.20. The fourth-order valence-electron chi connectivity index (χ4n) is 2.82. The number of aliphatic hydroxyl groups is 2. The second-order valence-corrected chi connectivity index (χ2v) is 5.24. The van der Waals surface area contributed by atoms with Gasteiger partial charge in [0.25, 0.3) is 0 Å². The molecule has 0 spiro atoms. The lowest BCUT2D eigenvalue weighted by Crippen LogP contribution is -2.44. The van der Waals surface area contributed by atoms with Crippen molar-refractivity contribution in [1.82, 2.24) is 0 Å². The van der Waals surface area contributed by atoms with Gasteiger partial charge in [-0.15, -0.1) is 0 Å². The van der Waals surface area contributed by atoms with E-state index in [0.717, 1.165) is 19.3 Å². The van der Waals surface area contributed by atoms with Crippen molar-refractivity contribution in [1.29, 1.82) is 0 Å². The highest BCUT2D eigenvalue weighted by Gasteiger charge is 2.40. The predicted molar refractivity (Wildman–Crippen MR) is 48.8 cm³/mol. The summed E-state index contributed by atoms with van der Waals surface area (Å²) >= 11 is 0. The van der Waals surface area contributed by atoms with Gasteiger partial charge < -0.3 is 10.2 Å². The van der Waals surface area contributed by atoms with Crippen molar-refractivity contribution in [3.8, 4) is 0 Å². The zero-order valence-corrected chi connectivity index (χ0v) is 8.30. The first kappa shape index (κ1) is 10.0. The number of hydrogen-bond acceptors (Lipinski definition) is 2. The van der Waals surface area contributed by atoms with Crippen LogP contribution in [0.25, 0.3) is 0 Å². The Morgan fingerprint density at radius 3 is 2.33 bits per heavy atom. The van der Waals surface area contributed by atoms with Crippen molar-refractivity contribution in [2.24, 2.45) is 11.3 Å². The normalized spacial score (nSPS) is 41.2. The highest BCUT2D eigenvalue weighted by atomic mass is 16.3. The molecule has 1 saturated carbocycles. The second-order valence-electron chi connectivity index (χ2n) is 5.24. The Morgan fingerprint density at radius 2 is 1.92 bits per heavy atom. The minimum atomic E-state index is -0.818. The van der Waals surface area contributed by atoms with Gasteiger partial charge in [0.2, 0.25) is 0 Å². The SMILES string of the molecule is C[C@@H]1CC(C)(C)C[C@](O)(CO)C1. The zero-order chi connectivity index (χ0) is 9.41. The third-order valence-corrected chi connectivity index (χ3v) is 2.73. The average Bonchev–Trinajstić information content (AvgIpc) is 1.82. The molecule has 2 N–H and O–H groups in total. The van der Waals surface area contributed by atoms with Crippen molar-refractivity contribution < 1.29 is 10.2 Å². The Kier molecular flexibility index (Phi) is 2.50. The number of rotatable bonds is 1. The molecule has 0 unspecified atom stereocenters. The summed E-state index contributed by atoms with van der Waals surface area (Å²) in [6, 6.07) is 0. The van der Waals surface area contributed by atoms with E-state index in [2.05, 4.69) is 20.8 Å². The Bertz CT molecular complexity index is 165. The van der Waals surface area contributed by atoms with Gasteiger partial charge in [-0.1, -0.05) is 20.8 Å². The topological polar surface area (TPSA) is 40.5 Å². The Balaban J connectivity index is 2.70. The minimum Gasteiger partial charge on any atom is -0.393 e. The second kappa shape index (κ2) is 3.00. The van der Waals surface area contributed by atoms with E-state index in [4.69, 9.17) is 5.11 Å². The molecular formula is C10H20O2. The van der Waals surface area contributed by atoms with E-state index in [1.54, 1.807) is 0 Å². The summed E-state index contributed by atoms with van der Waals surface area (Å²) in [4.78, 5) is 0. The molecule has 1 aliphatic carbocycles. The van der Waals surface area contributed by atoms with Crippen molar-refractivity contribution in [3.05, 3.63) is 0 Å². The first-order valence-electron chi connectivity index (χ1n) is 4.70. The number of hydrogen-bond donors (Lipinski definition) is 2. The van der Waals surface area contributed by atoms with E-state index in [-0.39, 0.29) is 12.0 Å². The maximum absolute atomic E-state index is 9.94. The van der Waals surface area contributed by atoms with Gasteiger partial charge in [-0.2, -0.15) is 0 Å². The molecule has 0 aliphatic heterocycles. The lowest BCUT2D eigenvalue weighted by atomic mass is 9.66. The molecule has 0 heterocycles. The van der Waals surface area contributed by atoms with Crippen LogP contribution in [0.15, 0.2) is 0 Å². The van der Waals surface area contributed by atoms with Gasteiger partial charge in [0.15, 0.2) is 0 Å². The van der Waals surface area contributed by atoms with Crippen LogP contribution in [0, 0.1) is 11.3 Å². The summed E-state index contributed by atoms with van der Waals surface area (Å²) in [5, 5.41) is 19.0. The fourth-order valence-corrected chi connectivity index (χ4v) is 2.82. The summed E-state index contributed by atoms with van der Waals surface area (Å²) in [6.07, 6.45) is 2.61. The van der Waals surface area contributed by atoms with Crippen LogP contribution < -0.4 is 0 Å². The standard InChI is InChI=1S/C10H20O2/c1-8-4-9(2,3)6-10(12,5-8)7-11/h8,11-12H,4-7H2,1-3H3/t8-,10+/m1/s1. The molecule has 2 heteroatoms. The van der Waals surface area contributed by atoms with Crippen molar-refractivity contribution in [3.63, 3.8) is 0 Å².